The highest BCUT2D eigenvalue weighted by Gasteiger charge is 2.30. The van der Waals surface area contributed by atoms with Crippen LogP contribution in [0.1, 0.15) is 22.6 Å². The molecule has 1 aliphatic rings. The van der Waals surface area contributed by atoms with Crippen molar-refractivity contribution < 1.29 is 19.4 Å². The third-order valence-electron chi connectivity index (χ3n) is 5.37. The summed E-state index contributed by atoms with van der Waals surface area (Å²) in [7, 11) is 0. The maximum Gasteiger partial charge on any atom is 0.407 e. The molecule has 0 unspecified atom stereocenters. The molecule has 3 aromatic carbocycles. The third kappa shape index (κ3) is 4.53. The van der Waals surface area contributed by atoms with Crippen molar-refractivity contribution in [3.63, 3.8) is 0 Å². The first-order valence-electron chi connectivity index (χ1n) is 9.72. The van der Waals surface area contributed by atoms with Gasteiger partial charge in [0.2, 0.25) is 0 Å². The molecule has 0 spiro atoms. The van der Waals surface area contributed by atoms with Crippen molar-refractivity contribution in [2.45, 2.75) is 18.4 Å². The Bertz CT molecular complexity index is 1100. The number of nitrogens with one attached hydrogen (secondary N) is 1. The van der Waals surface area contributed by atoms with E-state index in [-0.39, 0.29) is 18.9 Å². The average molecular weight is 456 g/mol. The number of fused-ring (bicyclic) bond motifs is 3. The molecule has 158 valence electrons. The number of carbonyl (C=O) groups excluding carboxylic acids is 1. The number of carbonyl (C=O) groups is 2. The minimum Gasteiger partial charge on any atom is -0.480 e. The minimum atomic E-state index is -1.20. The van der Waals surface area contributed by atoms with Crippen LogP contribution in [0.15, 0.2) is 66.7 Å². The molecule has 4 rings (SSSR count). The Morgan fingerprint density at radius 1 is 0.968 bits per heavy atom. The van der Waals surface area contributed by atoms with Gasteiger partial charge in [-0.15, -0.1) is 0 Å². The second-order valence-electron chi connectivity index (χ2n) is 7.30. The van der Waals surface area contributed by atoms with Crippen molar-refractivity contribution in [2.24, 2.45) is 0 Å². The third-order valence-corrected chi connectivity index (χ3v) is 5.97. The lowest BCUT2D eigenvalue weighted by Gasteiger charge is -2.18. The van der Waals surface area contributed by atoms with Crippen LogP contribution in [0.25, 0.3) is 11.1 Å². The smallest absolute Gasteiger partial charge is 0.407 e. The average Bonchev–Trinajstić information content (AvgIpc) is 3.08. The van der Waals surface area contributed by atoms with Crippen molar-refractivity contribution in [1.82, 2.24) is 5.32 Å². The van der Waals surface area contributed by atoms with Gasteiger partial charge < -0.3 is 15.2 Å². The zero-order valence-electron chi connectivity index (χ0n) is 16.3. The van der Waals surface area contributed by atoms with Gasteiger partial charge in [-0.1, -0.05) is 71.7 Å². The van der Waals surface area contributed by atoms with Crippen LogP contribution in [0.3, 0.4) is 0 Å². The highest BCUT2D eigenvalue weighted by Crippen LogP contribution is 2.44. The Labute approximate surface area is 189 Å². The Balaban J connectivity index is 1.45. The number of alkyl carbamates (subject to hydrolysis) is 1. The topological polar surface area (TPSA) is 75.6 Å². The van der Waals surface area contributed by atoms with E-state index in [2.05, 4.69) is 5.32 Å². The van der Waals surface area contributed by atoms with E-state index in [0.717, 1.165) is 22.3 Å². The predicted molar refractivity (Wildman–Crippen MR) is 120 cm³/mol. The number of aliphatic carboxylic acids is 1. The lowest BCUT2D eigenvalue weighted by molar-refractivity contribution is -0.139. The molecule has 0 saturated heterocycles. The second kappa shape index (κ2) is 9.00. The molecule has 0 bridgehead atoms. The standard InChI is InChI=1S/C24H19Cl2NO4/c25-15-9-10-21(26)14(11-15)12-22(23(28)29)27-24(30)31-13-20-18-7-3-1-5-16(18)17-6-2-4-8-19(17)20/h1-11,20,22H,12-13H2,(H,27,30)(H,28,29)/t22-/m0/s1. The molecule has 3 aromatic rings. The normalized spacial score (nSPS) is 13.2. The molecule has 1 aliphatic carbocycles. The summed E-state index contributed by atoms with van der Waals surface area (Å²) < 4.78 is 5.44. The zero-order chi connectivity index (χ0) is 22.0. The van der Waals surface area contributed by atoms with Gasteiger partial charge in [0.1, 0.15) is 12.6 Å². The van der Waals surface area contributed by atoms with E-state index in [9.17, 15) is 14.7 Å². The Kier molecular flexibility index (Phi) is 6.16. The zero-order valence-corrected chi connectivity index (χ0v) is 17.9. The summed E-state index contributed by atoms with van der Waals surface area (Å²) in [6.45, 7) is 0.101. The lowest BCUT2D eigenvalue weighted by atomic mass is 9.98. The molecule has 0 radical (unpaired) electrons. The summed E-state index contributed by atoms with van der Waals surface area (Å²) in [5.41, 5.74) is 4.92. The first-order valence-corrected chi connectivity index (χ1v) is 10.5. The van der Waals surface area contributed by atoms with E-state index in [1.54, 1.807) is 18.2 Å². The van der Waals surface area contributed by atoms with Crippen molar-refractivity contribution >= 4 is 35.3 Å². The van der Waals surface area contributed by atoms with Crippen LogP contribution in [0.5, 0.6) is 0 Å². The van der Waals surface area contributed by atoms with Crippen LogP contribution in [-0.2, 0) is 16.0 Å². The highest BCUT2D eigenvalue weighted by molar-refractivity contribution is 6.33. The van der Waals surface area contributed by atoms with Crippen LogP contribution in [0.4, 0.5) is 4.79 Å². The summed E-state index contributed by atoms with van der Waals surface area (Å²) in [4.78, 5) is 24.1. The van der Waals surface area contributed by atoms with E-state index in [0.29, 0.717) is 15.6 Å². The van der Waals surface area contributed by atoms with Gasteiger partial charge in [0.15, 0.2) is 0 Å². The van der Waals surface area contributed by atoms with E-state index in [1.165, 1.54) is 0 Å². The van der Waals surface area contributed by atoms with E-state index < -0.39 is 18.1 Å². The molecule has 0 aromatic heterocycles. The number of amides is 1. The SMILES string of the molecule is O=C(N[C@@H](Cc1cc(Cl)ccc1Cl)C(=O)O)OCC1c2ccccc2-c2ccccc21. The largest absolute Gasteiger partial charge is 0.480 e. The van der Waals surface area contributed by atoms with Gasteiger partial charge in [0, 0.05) is 22.4 Å². The molecule has 5 nitrogen and oxygen atoms in total. The van der Waals surface area contributed by atoms with Gasteiger partial charge in [-0.05, 0) is 46.0 Å². The summed E-state index contributed by atoms with van der Waals surface area (Å²) in [5, 5.41) is 12.8. The summed E-state index contributed by atoms with van der Waals surface area (Å²) in [5.74, 6) is -1.30. The number of carboxylic acid groups (broad SMARTS) is 1. The van der Waals surface area contributed by atoms with Crippen LogP contribution < -0.4 is 5.32 Å². The quantitative estimate of drug-likeness (QED) is 0.512. The number of hydrogen-bond acceptors (Lipinski definition) is 3. The van der Waals surface area contributed by atoms with Gasteiger partial charge in [-0.25, -0.2) is 9.59 Å². The number of ether oxygens (including phenoxy) is 1. The fourth-order valence-electron chi connectivity index (χ4n) is 3.90. The molecule has 0 fully saturated rings. The molecular weight excluding hydrogens is 437 g/mol. The Morgan fingerprint density at radius 2 is 1.58 bits per heavy atom. The number of rotatable bonds is 6. The van der Waals surface area contributed by atoms with Gasteiger partial charge in [0.05, 0.1) is 0 Å². The van der Waals surface area contributed by atoms with Gasteiger partial charge >= 0.3 is 12.1 Å². The Morgan fingerprint density at radius 3 is 2.19 bits per heavy atom. The van der Waals surface area contributed by atoms with Gasteiger partial charge in [-0.3, -0.25) is 0 Å². The van der Waals surface area contributed by atoms with Gasteiger partial charge in [0.25, 0.3) is 0 Å². The monoisotopic (exact) mass is 455 g/mol. The number of hydrogen-bond donors (Lipinski definition) is 2. The molecule has 0 aliphatic heterocycles. The van der Waals surface area contributed by atoms with Crippen LogP contribution in [0.2, 0.25) is 10.0 Å². The van der Waals surface area contributed by atoms with Crippen LogP contribution in [-0.4, -0.2) is 29.8 Å². The molecule has 0 saturated carbocycles. The molecule has 0 heterocycles. The Hall–Kier alpha value is -3.02. The fraction of sp³-hybridized carbons (Fsp3) is 0.167. The van der Waals surface area contributed by atoms with Crippen molar-refractivity contribution in [3.05, 3.63) is 93.5 Å². The van der Waals surface area contributed by atoms with Crippen LogP contribution >= 0.6 is 23.2 Å². The summed E-state index contributed by atoms with van der Waals surface area (Å²) in [6, 6.07) is 19.6. The molecule has 1 amide bonds. The first-order chi connectivity index (χ1) is 14.9. The van der Waals surface area contributed by atoms with E-state index in [4.69, 9.17) is 27.9 Å². The van der Waals surface area contributed by atoms with Crippen LogP contribution in [0, 0.1) is 0 Å². The lowest BCUT2D eigenvalue weighted by Crippen LogP contribution is -2.43. The highest BCUT2D eigenvalue weighted by atomic mass is 35.5. The van der Waals surface area contributed by atoms with Crippen molar-refractivity contribution in [1.29, 1.82) is 0 Å². The predicted octanol–water partition coefficient (Wildman–Crippen LogP) is 5.53. The minimum absolute atomic E-state index is 0.0150. The number of halogens is 2. The molecule has 31 heavy (non-hydrogen) atoms. The maximum absolute atomic E-state index is 12.4. The first kappa shape index (κ1) is 21.2. The summed E-state index contributed by atoms with van der Waals surface area (Å²) >= 11 is 12.1. The maximum atomic E-state index is 12.4. The van der Waals surface area contributed by atoms with E-state index in [1.807, 2.05) is 48.5 Å². The molecule has 1 atom stereocenters. The summed E-state index contributed by atoms with van der Waals surface area (Å²) in [6.07, 6.45) is -0.814. The molecule has 7 heteroatoms. The molecular formula is C24H19Cl2NO4. The second-order valence-corrected chi connectivity index (χ2v) is 8.14. The van der Waals surface area contributed by atoms with Crippen molar-refractivity contribution in [2.75, 3.05) is 6.61 Å². The van der Waals surface area contributed by atoms with Crippen molar-refractivity contribution in [3.8, 4) is 11.1 Å². The van der Waals surface area contributed by atoms with Gasteiger partial charge in [-0.2, -0.15) is 0 Å². The van der Waals surface area contributed by atoms with E-state index >= 15 is 0 Å². The molecule has 2 N–H and O–H groups in total. The fourth-order valence-corrected chi connectivity index (χ4v) is 4.29. The number of carboxylic acids is 1. The number of benzene rings is 3.